The molecule has 1 aliphatic heterocycles. The van der Waals surface area contributed by atoms with Crippen LogP contribution in [0.2, 0.25) is 0 Å². The first-order chi connectivity index (χ1) is 6.90. The summed E-state index contributed by atoms with van der Waals surface area (Å²) in [5.74, 6) is 0.417. The van der Waals surface area contributed by atoms with Gasteiger partial charge in [0.2, 0.25) is 0 Å². The van der Waals surface area contributed by atoms with Crippen LogP contribution in [-0.4, -0.2) is 25.3 Å². The molecular formula is C11H18N2O. The summed E-state index contributed by atoms with van der Waals surface area (Å²) in [4.78, 5) is 0. The highest BCUT2D eigenvalue weighted by Crippen LogP contribution is 2.22. The molecule has 1 saturated carbocycles. The van der Waals surface area contributed by atoms with E-state index in [2.05, 4.69) is 11.4 Å². The Morgan fingerprint density at radius 1 is 1.29 bits per heavy atom. The number of hydrogen-bond acceptors (Lipinski definition) is 3. The minimum atomic E-state index is 0.0144. The maximum absolute atomic E-state index is 9.08. The van der Waals surface area contributed by atoms with E-state index in [1.54, 1.807) is 0 Å². The molecule has 2 rings (SSSR count). The molecule has 0 radical (unpaired) electrons. The van der Waals surface area contributed by atoms with Gasteiger partial charge in [0.1, 0.15) is 6.04 Å². The zero-order valence-corrected chi connectivity index (χ0v) is 8.54. The Hall–Kier alpha value is -0.590. The van der Waals surface area contributed by atoms with E-state index in [1.165, 1.54) is 25.7 Å². The Labute approximate surface area is 85.4 Å². The van der Waals surface area contributed by atoms with Crippen molar-refractivity contribution in [1.82, 2.24) is 5.32 Å². The van der Waals surface area contributed by atoms with Crippen molar-refractivity contribution in [2.45, 2.75) is 44.2 Å². The quantitative estimate of drug-likeness (QED) is 0.739. The van der Waals surface area contributed by atoms with Crippen LogP contribution < -0.4 is 5.32 Å². The molecule has 2 unspecified atom stereocenters. The zero-order valence-electron chi connectivity index (χ0n) is 8.54. The molecule has 0 amide bonds. The molecule has 0 aromatic carbocycles. The number of nitrogens with one attached hydrogen (secondary N) is 1. The van der Waals surface area contributed by atoms with E-state index in [0.29, 0.717) is 12.0 Å². The van der Waals surface area contributed by atoms with Crippen molar-refractivity contribution in [3.63, 3.8) is 0 Å². The van der Waals surface area contributed by atoms with Crippen molar-refractivity contribution in [1.29, 1.82) is 5.26 Å². The number of hydrogen-bond donors (Lipinski definition) is 1. The second kappa shape index (κ2) is 4.77. The third-order valence-electron chi connectivity index (χ3n) is 3.35. The first-order valence-electron chi connectivity index (χ1n) is 5.63. The van der Waals surface area contributed by atoms with Crippen LogP contribution in [0.1, 0.15) is 32.1 Å². The van der Waals surface area contributed by atoms with Gasteiger partial charge in [0.25, 0.3) is 0 Å². The molecule has 78 valence electrons. The summed E-state index contributed by atoms with van der Waals surface area (Å²) in [5.41, 5.74) is 0. The van der Waals surface area contributed by atoms with E-state index in [0.717, 1.165) is 19.6 Å². The van der Waals surface area contributed by atoms with Crippen LogP contribution in [0, 0.1) is 17.2 Å². The summed E-state index contributed by atoms with van der Waals surface area (Å²) in [6.45, 7) is 1.59. The largest absolute Gasteiger partial charge is 0.381 e. The van der Waals surface area contributed by atoms with Crippen LogP contribution in [0.4, 0.5) is 0 Å². The molecule has 2 aliphatic rings. The van der Waals surface area contributed by atoms with Crippen molar-refractivity contribution in [2.24, 2.45) is 5.92 Å². The number of ether oxygens (including phenoxy) is 1. The average molecular weight is 194 g/mol. The first kappa shape index (κ1) is 9.95. The van der Waals surface area contributed by atoms with E-state index in [-0.39, 0.29) is 6.04 Å². The molecule has 0 spiro atoms. The second-order valence-electron chi connectivity index (χ2n) is 4.38. The van der Waals surface area contributed by atoms with E-state index >= 15 is 0 Å². The van der Waals surface area contributed by atoms with Gasteiger partial charge >= 0.3 is 0 Å². The molecule has 14 heavy (non-hydrogen) atoms. The lowest BCUT2D eigenvalue weighted by molar-refractivity contribution is 0.180. The van der Waals surface area contributed by atoms with Crippen LogP contribution in [0.3, 0.4) is 0 Å². The van der Waals surface area contributed by atoms with Crippen LogP contribution >= 0.6 is 0 Å². The third-order valence-corrected chi connectivity index (χ3v) is 3.35. The maximum atomic E-state index is 9.08. The number of nitrogens with zero attached hydrogens (tertiary/aromatic N) is 1. The van der Waals surface area contributed by atoms with Gasteiger partial charge in [0.05, 0.1) is 12.7 Å². The summed E-state index contributed by atoms with van der Waals surface area (Å²) in [5, 5.41) is 12.5. The fourth-order valence-corrected chi connectivity index (χ4v) is 2.44. The molecule has 1 N–H and O–H groups in total. The zero-order chi connectivity index (χ0) is 9.80. The van der Waals surface area contributed by atoms with Crippen molar-refractivity contribution in [3.8, 4) is 6.07 Å². The Kier molecular flexibility index (Phi) is 3.39. The molecule has 0 aromatic rings. The van der Waals surface area contributed by atoms with E-state index in [4.69, 9.17) is 10.00 Å². The fraction of sp³-hybridized carbons (Fsp3) is 0.909. The van der Waals surface area contributed by atoms with Gasteiger partial charge in [-0.3, -0.25) is 5.32 Å². The Morgan fingerprint density at radius 3 is 2.64 bits per heavy atom. The third kappa shape index (κ3) is 2.26. The van der Waals surface area contributed by atoms with E-state index in [1.807, 2.05) is 0 Å². The summed E-state index contributed by atoms with van der Waals surface area (Å²) < 4.78 is 5.31. The summed E-state index contributed by atoms with van der Waals surface area (Å²) in [7, 11) is 0. The molecule has 3 nitrogen and oxygen atoms in total. The SMILES string of the molecule is N#CC(NC1CCCC1)C1CCOC1. The normalized spacial score (nSPS) is 30.4. The lowest BCUT2D eigenvalue weighted by Gasteiger charge is -2.21. The topological polar surface area (TPSA) is 45.0 Å². The van der Waals surface area contributed by atoms with Crippen molar-refractivity contribution >= 4 is 0 Å². The predicted octanol–water partition coefficient (Wildman–Crippen LogP) is 1.45. The summed E-state index contributed by atoms with van der Waals surface area (Å²) >= 11 is 0. The molecule has 3 heteroatoms. The highest BCUT2D eigenvalue weighted by Gasteiger charge is 2.28. The monoisotopic (exact) mass is 194 g/mol. The van der Waals surface area contributed by atoms with Crippen molar-refractivity contribution < 1.29 is 4.74 Å². The van der Waals surface area contributed by atoms with Crippen LogP contribution in [0.15, 0.2) is 0 Å². The van der Waals surface area contributed by atoms with Gasteiger partial charge in [-0.2, -0.15) is 5.26 Å². The number of nitriles is 1. The summed E-state index contributed by atoms with van der Waals surface area (Å²) in [6.07, 6.45) is 6.16. The number of rotatable bonds is 3. The molecule has 0 bridgehead atoms. The smallest absolute Gasteiger partial charge is 0.101 e. The minimum Gasteiger partial charge on any atom is -0.381 e. The minimum absolute atomic E-state index is 0.0144. The van der Waals surface area contributed by atoms with E-state index in [9.17, 15) is 0 Å². The molecule has 0 aromatic heterocycles. The molecule has 2 atom stereocenters. The lowest BCUT2D eigenvalue weighted by Crippen LogP contribution is -2.41. The van der Waals surface area contributed by atoms with Gasteiger partial charge in [-0.15, -0.1) is 0 Å². The second-order valence-corrected chi connectivity index (χ2v) is 4.38. The molecule has 1 aliphatic carbocycles. The van der Waals surface area contributed by atoms with Gasteiger partial charge in [0.15, 0.2) is 0 Å². The highest BCUT2D eigenvalue weighted by atomic mass is 16.5. The Balaban J connectivity index is 1.83. The fourth-order valence-electron chi connectivity index (χ4n) is 2.44. The predicted molar refractivity (Wildman–Crippen MR) is 53.7 cm³/mol. The van der Waals surface area contributed by atoms with Gasteiger partial charge in [-0.1, -0.05) is 12.8 Å². The highest BCUT2D eigenvalue weighted by molar-refractivity contribution is 4.98. The van der Waals surface area contributed by atoms with Gasteiger partial charge < -0.3 is 4.74 Å². The molecular weight excluding hydrogens is 176 g/mol. The Morgan fingerprint density at radius 2 is 2.07 bits per heavy atom. The average Bonchev–Trinajstić information content (AvgIpc) is 2.86. The summed E-state index contributed by atoms with van der Waals surface area (Å²) in [6, 6.07) is 2.98. The van der Waals surface area contributed by atoms with Crippen LogP contribution in [0.5, 0.6) is 0 Å². The standard InChI is InChI=1S/C11H18N2O/c12-7-11(9-5-6-14-8-9)13-10-3-1-2-4-10/h9-11,13H,1-6,8H2. The Bertz CT molecular complexity index is 212. The van der Waals surface area contributed by atoms with Gasteiger partial charge in [-0.25, -0.2) is 0 Å². The molecule has 1 heterocycles. The van der Waals surface area contributed by atoms with Gasteiger partial charge in [0, 0.05) is 18.6 Å². The van der Waals surface area contributed by atoms with Crippen LogP contribution in [0.25, 0.3) is 0 Å². The molecule has 1 saturated heterocycles. The van der Waals surface area contributed by atoms with Crippen molar-refractivity contribution in [3.05, 3.63) is 0 Å². The van der Waals surface area contributed by atoms with Crippen LogP contribution in [-0.2, 0) is 4.74 Å². The maximum Gasteiger partial charge on any atom is 0.101 e. The molecule has 2 fully saturated rings. The first-order valence-corrected chi connectivity index (χ1v) is 5.63. The van der Waals surface area contributed by atoms with Gasteiger partial charge in [-0.05, 0) is 19.3 Å². The van der Waals surface area contributed by atoms with Crippen molar-refractivity contribution in [2.75, 3.05) is 13.2 Å². The van der Waals surface area contributed by atoms with E-state index < -0.39 is 0 Å². The lowest BCUT2D eigenvalue weighted by atomic mass is 9.99.